The summed E-state index contributed by atoms with van der Waals surface area (Å²) in [5.41, 5.74) is 31.5. The van der Waals surface area contributed by atoms with Crippen molar-refractivity contribution in [1.29, 1.82) is 0 Å². The second-order valence-corrected chi connectivity index (χ2v) is 28.4. The number of phenolic OH excluding ortho intramolecular Hbond substituents is 1. The van der Waals surface area contributed by atoms with Gasteiger partial charge in [-0.2, -0.15) is 4.99 Å². The van der Waals surface area contributed by atoms with Gasteiger partial charge in [-0.25, -0.2) is 4.42 Å². The van der Waals surface area contributed by atoms with Crippen molar-refractivity contribution >= 4 is 155 Å². The van der Waals surface area contributed by atoms with Crippen LogP contribution in [0.5, 0.6) is 5.75 Å². The fourth-order valence-electron chi connectivity index (χ4n) is 12.0. The number of aromatic hydroxyl groups is 1. The van der Waals surface area contributed by atoms with Crippen LogP contribution in [0.2, 0.25) is 0 Å². The average Bonchev–Trinajstić information content (AvgIpc) is 1.13. The molecule has 0 spiro atoms. The van der Waals surface area contributed by atoms with E-state index in [1.54, 1.807) is 18.2 Å². The van der Waals surface area contributed by atoms with Gasteiger partial charge in [0, 0.05) is 112 Å². The SMILES string of the molecule is CN(C)c1ccc2c(-c3ccc(N=C=S)cc3C(=O)NCCCCC(NC(=O)C3CCCN3C(=O)C3CSSCCC(=O)NC(Cc4ccc(O)cc4)C(=O)NC(Cc4ccc(N=[N+]=[N-])cc4)C(=O)NC(CCC(N)=O)C(=O)NC(CC(N)=O)C(=O)N3)C(=O)NCC(N)=O)c3ccc(N(C)C)cc3[o+]c2c1.[Cl-]. The number of halogens is 1. The van der Waals surface area contributed by atoms with Crippen LogP contribution < -0.4 is 81.9 Å². The first-order valence-corrected chi connectivity index (χ1v) is 36.7. The number of nitrogens with zero attached hydrogens (tertiary/aromatic N) is 7. The Balaban J connectivity index is 0.0000160. The number of rotatable bonds is 26. The van der Waals surface area contributed by atoms with Crippen molar-refractivity contribution in [3.63, 3.8) is 0 Å². The van der Waals surface area contributed by atoms with Crippen molar-refractivity contribution in [2.45, 2.75) is 113 Å². The van der Waals surface area contributed by atoms with Gasteiger partial charge in [-0.05, 0) is 121 Å². The van der Waals surface area contributed by atoms with Gasteiger partial charge in [0.25, 0.3) is 5.91 Å². The minimum Gasteiger partial charge on any atom is -1.00 e. The van der Waals surface area contributed by atoms with E-state index in [0.717, 1.165) is 49.3 Å². The number of anilines is 2. The second-order valence-electron chi connectivity index (χ2n) is 25.6. The lowest BCUT2D eigenvalue weighted by Gasteiger charge is -2.31. The van der Waals surface area contributed by atoms with Gasteiger partial charge in [0.05, 0.1) is 46.7 Å². The first-order chi connectivity index (χ1) is 50.7. The van der Waals surface area contributed by atoms with Crippen molar-refractivity contribution in [1.82, 2.24) is 47.4 Å². The molecule has 32 nitrogen and oxygen atoms in total. The summed E-state index contributed by atoms with van der Waals surface area (Å²) in [6, 6.07) is 17.9. The van der Waals surface area contributed by atoms with Crippen molar-refractivity contribution in [3.8, 4) is 16.9 Å². The number of hydrogen-bond donors (Lipinski definition) is 12. The number of aliphatic imine (C=N–C) groups is 1. The number of unbranched alkanes of at least 4 members (excludes halogenated alkanes) is 1. The maximum Gasteiger partial charge on any atom is 0.363 e. The summed E-state index contributed by atoms with van der Waals surface area (Å²) in [4.78, 5) is 179. The van der Waals surface area contributed by atoms with Gasteiger partial charge in [-0.3, -0.25) is 57.5 Å². The predicted octanol–water partition coefficient (Wildman–Crippen LogP) is 0.865. The highest BCUT2D eigenvalue weighted by molar-refractivity contribution is 8.76. The number of carbonyl (C=O) groups is 12. The number of carbonyl (C=O) groups excluding carboxylic acids is 12. The fourth-order valence-corrected chi connectivity index (χ4v) is 14.2. The number of benzene rings is 5. The molecule has 1 aromatic heterocycles. The van der Waals surface area contributed by atoms with Crippen LogP contribution in [-0.4, -0.2) is 188 Å². The van der Waals surface area contributed by atoms with E-state index in [4.69, 9.17) is 39.4 Å². The predicted molar refractivity (Wildman–Crippen MR) is 404 cm³/mol. The van der Waals surface area contributed by atoms with Crippen molar-refractivity contribution in [2.24, 2.45) is 27.3 Å². The molecular formula is C71H83ClN18O14S3. The number of nitrogens with one attached hydrogen (secondary N) is 8. The number of isothiocyanates is 1. The third-order valence-electron chi connectivity index (χ3n) is 17.4. The van der Waals surface area contributed by atoms with Crippen LogP contribution in [0.1, 0.15) is 79.3 Å². The van der Waals surface area contributed by atoms with Gasteiger partial charge in [-0.1, -0.05) is 69.2 Å². The van der Waals surface area contributed by atoms with Gasteiger partial charge < -0.3 is 91.9 Å². The topological polar surface area (TPSA) is 482 Å². The highest BCUT2D eigenvalue weighted by Gasteiger charge is 2.41. The summed E-state index contributed by atoms with van der Waals surface area (Å²) in [5.74, 6) is -10.8. The van der Waals surface area contributed by atoms with E-state index in [1.165, 1.54) is 53.4 Å². The molecule has 107 heavy (non-hydrogen) atoms. The molecule has 3 heterocycles. The minimum atomic E-state index is -1.85. The smallest absolute Gasteiger partial charge is 0.363 e. The fraction of sp³-hybridized carbons (Fsp3) is 0.380. The molecule has 2 aliphatic heterocycles. The molecule has 2 saturated heterocycles. The van der Waals surface area contributed by atoms with Gasteiger partial charge in [0.2, 0.25) is 65.0 Å². The molecular weight excluding hydrogens is 1460 g/mol. The molecule has 7 unspecified atom stereocenters. The van der Waals surface area contributed by atoms with Gasteiger partial charge in [0.15, 0.2) is 0 Å². The van der Waals surface area contributed by atoms with Crippen molar-refractivity contribution in [3.05, 3.63) is 130 Å². The second kappa shape index (κ2) is 39.9. The molecule has 566 valence electrons. The maximum atomic E-state index is 15.0. The quantitative estimate of drug-likeness (QED) is 0.00412. The Morgan fingerprint density at radius 3 is 1.91 bits per heavy atom. The number of primary amides is 3. The first kappa shape index (κ1) is 83.2. The number of thiocarbonyl (C=S) groups is 1. The summed E-state index contributed by atoms with van der Waals surface area (Å²) < 4.78 is 6.54. The van der Waals surface area contributed by atoms with Crippen molar-refractivity contribution in [2.75, 3.05) is 69.1 Å². The number of amides is 12. The van der Waals surface area contributed by atoms with Crippen LogP contribution in [-0.2, 0) is 65.6 Å². The van der Waals surface area contributed by atoms with Crippen LogP contribution >= 0.6 is 33.8 Å². The Labute approximate surface area is 634 Å². The number of likely N-dealkylation sites (tertiary alicyclic amines) is 1. The molecule has 8 rings (SSSR count). The molecule has 36 heteroatoms. The Morgan fingerprint density at radius 1 is 0.720 bits per heavy atom. The average molecular weight is 1540 g/mol. The molecule has 0 saturated carbocycles. The third-order valence-corrected chi connectivity index (χ3v) is 19.9. The Bertz CT molecular complexity index is 4360. The van der Waals surface area contributed by atoms with E-state index in [2.05, 4.69) is 62.7 Å². The van der Waals surface area contributed by atoms with E-state index >= 15 is 4.79 Å². The summed E-state index contributed by atoms with van der Waals surface area (Å²) in [7, 11) is 9.79. The van der Waals surface area contributed by atoms with Gasteiger partial charge in [0.1, 0.15) is 48.0 Å². The van der Waals surface area contributed by atoms with E-state index in [0.29, 0.717) is 33.5 Å². The largest absolute Gasteiger partial charge is 1.00 e. The van der Waals surface area contributed by atoms with Crippen LogP contribution in [0, 0.1) is 0 Å². The summed E-state index contributed by atoms with van der Waals surface area (Å²) in [5, 5.41) is 38.5. The minimum absolute atomic E-state index is 0. The Morgan fingerprint density at radius 2 is 1.31 bits per heavy atom. The zero-order valence-corrected chi connectivity index (χ0v) is 62.1. The van der Waals surface area contributed by atoms with Crippen LogP contribution in [0.4, 0.5) is 22.7 Å². The molecule has 0 aliphatic carbocycles. The lowest BCUT2D eigenvalue weighted by Crippen LogP contribution is -3.00. The summed E-state index contributed by atoms with van der Waals surface area (Å²) in [6.45, 7) is -0.547. The lowest BCUT2D eigenvalue weighted by atomic mass is 9.92. The summed E-state index contributed by atoms with van der Waals surface area (Å²) in [6.07, 6.45) is -1.72. The van der Waals surface area contributed by atoms with Crippen LogP contribution in [0.3, 0.4) is 0 Å². The monoisotopic (exact) mass is 1540 g/mol. The number of phenols is 1. The number of hydrogen-bond acceptors (Lipinski definition) is 20. The molecule has 6 aromatic rings. The number of fused-ring (bicyclic) bond motifs is 2. The van der Waals surface area contributed by atoms with Crippen molar-refractivity contribution < 1.29 is 79.5 Å². The zero-order chi connectivity index (χ0) is 76.7. The molecule has 2 fully saturated rings. The standard InChI is InChI=1S/C71H82N18O14S3.ClH/c1-87(2)43-17-22-47-57(33-43)103-58-34-44(88(3)4)18-23-48(58)63(47)46-21-16-42(78-38-104)32-49(46)64(95)76-27-6-5-8-50(65(96)77-36-61(74)93)81-70(101)56-9-7-28-89(56)71(102)55-37-106-105-29-26-62(94)79-52(30-40-12-19-45(90)20-13-40)67(98)82-53(31-39-10-14-41(15-11-39)85-86-75)68(99)80-51(24-25-59(72)91)66(97)83-54(35-60(73)92)69(100)84-55;/h10-23,32-34,50-56H,5-9,24-31,35-37H2,1-4H3,(H14-,72,73,74,76,77,79,80,81,82,83,84,90,91,92,93,94,95,96,97,98,99,100,101);1H. The normalized spacial score (nSPS) is 18.4. The van der Waals surface area contributed by atoms with E-state index in [9.17, 15) is 57.8 Å². The lowest BCUT2D eigenvalue weighted by molar-refractivity contribution is -0.142. The van der Waals surface area contributed by atoms with E-state index < -0.39 is 139 Å². The van der Waals surface area contributed by atoms with Crippen LogP contribution in [0.25, 0.3) is 43.5 Å². The van der Waals surface area contributed by atoms with Gasteiger partial charge in [-0.15, -0.1) is 0 Å². The molecule has 5 aromatic carbocycles. The third kappa shape index (κ3) is 23.7. The molecule has 2 aliphatic rings. The molecule has 0 bridgehead atoms. The number of azide groups is 1. The molecule has 15 N–H and O–H groups in total. The Kier molecular flexibility index (Phi) is 31.0. The van der Waals surface area contributed by atoms with E-state index in [-0.39, 0.29) is 105 Å². The van der Waals surface area contributed by atoms with Gasteiger partial charge >= 0.3 is 11.2 Å². The van der Waals surface area contributed by atoms with E-state index in [1.807, 2.05) is 74.4 Å². The summed E-state index contributed by atoms with van der Waals surface area (Å²) >= 11 is 4.94. The molecule has 12 amide bonds. The highest BCUT2D eigenvalue weighted by atomic mass is 35.5. The zero-order valence-electron chi connectivity index (χ0n) is 58.9. The molecule has 0 radical (unpaired) electrons. The molecule has 7 atom stereocenters. The Hall–Kier alpha value is -11.1. The highest BCUT2D eigenvalue weighted by Crippen LogP contribution is 2.41. The van der Waals surface area contributed by atoms with Crippen LogP contribution in [0.15, 0.2) is 118 Å². The maximum absolute atomic E-state index is 15.0. The first-order valence-electron chi connectivity index (χ1n) is 33.8. The number of nitrogens with two attached hydrogens (primary N) is 3.